The highest BCUT2D eigenvalue weighted by Crippen LogP contribution is 2.28. The Hall–Kier alpha value is -3.18. The number of carbonyl (C=O) groups is 1. The lowest BCUT2D eigenvalue weighted by Gasteiger charge is -2.35. The largest absolute Gasteiger partial charge is 0.497 e. The smallest absolute Gasteiger partial charge is 0.319 e. The van der Waals surface area contributed by atoms with E-state index in [-0.39, 0.29) is 12.3 Å². The second kappa shape index (κ2) is 11.1. The molecular formula is C22H30N4O6S. The summed E-state index contributed by atoms with van der Waals surface area (Å²) in [6.45, 7) is 1.96. The SMILES string of the molecule is COc1ccc(N2CCN(S(=O)(=O)CCNC(=O)Nc3ccc(OC)cc3OC)CC2)cc1. The van der Waals surface area contributed by atoms with Crippen molar-refractivity contribution in [2.45, 2.75) is 0 Å². The molecule has 1 heterocycles. The van der Waals surface area contributed by atoms with Crippen molar-refractivity contribution in [1.29, 1.82) is 0 Å². The minimum Gasteiger partial charge on any atom is -0.497 e. The van der Waals surface area contributed by atoms with Crippen LogP contribution in [0.25, 0.3) is 0 Å². The van der Waals surface area contributed by atoms with Crippen LogP contribution >= 0.6 is 0 Å². The number of rotatable bonds is 9. The molecule has 33 heavy (non-hydrogen) atoms. The summed E-state index contributed by atoms with van der Waals surface area (Å²) in [5, 5.41) is 5.24. The molecule has 1 aliphatic rings. The number of ether oxygens (including phenoxy) is 3. The zero-order valence-electron chi connectivity index (χ0n) is 19.0. The molecule has 1 saturated heterocycles. The van der Waals surface area contributed by atoms with Crippen LogP contribution in [0.4, 0.5) is 16.2 Å². The molecule has 0 atom stereocenters. The number of sulfonamides is 1. The normalized spacial score (nSPS) is 14.5. The predicted octanol–water partition coefficient (Wildman–Crippen LogP) is 1.99. The summed E-state index contributed by atoms with van der Waals surface area (Å²) in [6.07, 6.45) is 0. The molecule has 2 N–H and O–H groups in total. The molecular weight excluding hydrogens is 448 g/mol. The third kappa shape index (κ3) is 6.42. The molecule has 2 amide bonds. The van der Waals surface area contributed by atoms with E-state index in [0.717, 1.165) is 11.4 Å². The molecule has 2 aromatic rings. The first-order valence-electron chi connectivity index (χ1n) is 10.5. The minimum absolute atomic E-state index is 0.00860. The molecule has 0 bridgehead atoms. The second-order valence-corrected chi connectivity index (χ2v) is 9.44. The maximum absolute atomic E-state index is 12.7. The molecule has 11 heteroatoms. The molecule has 10 nitrogen and oxygen atoms in total. The van der Waals surface area contributed by atoms with Gasteiger partial charge in [0.05, 0.1) is 32.8 Å². The van der Waals surface area contributed by atoms with Crippen molar-refractivity contribution < 1.29 is 27.4 Å². The van der Waals surface area contributed by atoms with Gasteiger partial charge < -0.3 is 29.7 Å². The summed E-state index contributed by atoms with van der Waals surface area (Å²) in [5.41, 5.74) is 1.48. The summed E-state index contributed by atoms with van der Waals surface area (Å²) >= 11 is 0. The molecule has 0 radical (unpaired) electrons. The van der Waals surface area contributed by atoms with E-state index < -0.39 is 16.1 Å². The zero-order chi connectivity index (χ0) is 23.8. The molecule has 0 aromatic heterocycles. The van der Waals surface area contributed by atoms with Gasteiger partial charge in [-0.3, -0.25) is 0 Å². The number of piperazine rings is 1. The lowest BCUT2D eigenvalue weighted by Crippen LogP contribution is -2.50. The maximum atomic E-state index is 12.7. The van der Waals surface area contributed by atoms with E-state index in [2.05, 4.69) is 15.5 Å². The number of benzene rings is 2. The summed E-state index contributed by atoms with van der Waals surface area (Å²) in [6, 6.07) is 12.2. The number of methoxy groups -OCH3 is 3. The zero-order valence-corrected chi connectivity index (χ0v) is 19.9. The first-order chi connectivity index (χ1) is 15.9. The first-order valence-corrected chi connectivity index (χ1v) is 12.1. The van der Waals surface area contributed by atoms with Crippen LogP contribution in [0, 0.1) is 0 Å². The van der Waals surface area contributed by atoms with Crippen molar-refractivity contribution >= 4 is 27.4 Å². The number of urea groups is 1. The number of carbonyl (C=O) groups excluding carboxylic acids is 1. The number of nitrogens with one attached hydrogen (secondary N) is 2. The fourth-order valence-corrected chi connectivity index (χ4v) is 4.85. The molecule has 0 unspecified atom stereocenters. The lowest BCUT2D eigenvalue weighted by atomic mass is 10.2. The summed E-state index contributed by atoms with van der Waals surface area (Å²) in [5.74, 6) is 1.63. The van der Waals surface area contributed by atoms with Crippen LogP contribution in [0.2, 0.25) is 0 Å². The number of hydrogen-bond donors (Lipinski definition) is 2. The average Bonchev–Trinajstić information content (AvgIpc) is 2.84. The summed E-state index contributed by atoms with van der Waals surface area (Å²) in [7, 11) is 1.15. The van der Waals surface area contributed by atoms with Crippen LogP contribution in [0.3, 0.4) is 0 Å². The van der Waals surface area contributed by atoms with Crippen molar-refractivity contribution in [2.24, 2.45) is 0 Å². The number of nitrogens with zero attached hydrogens (tertiary/aromatic N) is 2. The predicted molar refractivity (Wildman–Crippen MR) is 127 cm³/mol. The van der Waals surface area contributed by atoms with Crippen LogP contribution in [0.1, 0.15) is 0 Å². The Balaban J connectivity index is 1.46. The Kier molecular flexibility index (Phi) is 8.23. The highest BCUT2D eigenvalue weighted by atomic mass is 32.2. The van der Waals surface area contributed by atoms with Gasteiger partial charge in [-0.25, -0.2) is 13.2 Å². The van der Waals surface area contributed by atoms with Crippen molar-refractivity contribution in [2.75, 3.05) is 70.0 Å². The number of anilines is 2. The Morgan fingerprint density at radius 1 is 0.909 bits per heavy atom. The van der Waals surface area contributed by atoms with Crippen molar-refractivity contribution in [3.63, 3.8) is 0 Å². The lowest BCUT2D eigenvalue weighted by molar-refractivity contribution is 0.252. The van der Waals surface area contributed by atoms with E-state index in [9.17, 15) is 13.2 Å². The summed E-state index contributed by atoms with van der Waals surface area (Å²) in [4.78, 5) is 14.3. The quantitative estimate of drug-likeness (QED) is 0.567. The molecule has 3 rings (SSSR count). The molecule has 0 aliphatic carbocycles. The van der Waals surface area contributed by atoms with E-state index in [1.165, 1.54) is 18.5 Å². The molecule has 1 fully saturated rings. The van der Waals surface area contributed by atoms with Gasteiger partial charge in [-0.2, -0.15) is 4.31 Å². The third-order valence-corrected chi connectivity index (χ3v) is 7.24. The van der Waals surface area contributed by atoms with Crippen LogP contribution in [0.5, 0.6) is 17.2 Å². The second-order valence-electron chi connectivity index (χ2n) is 7.35. The first kappa shape index (κ1) is 24.5. The van der Waals surface area contributed by atoms with E-state index >= 15 is 0 Å². The topological polar surface area (TPSA) is 109 Å². The van der Waals surface area contributed by atoms with E-state index in [1.54, 1.807) is 25.3 Å². The highest BCUT2D eigenvalue weighted by molar-refractivity contribution is 7.89. The van der Waals surface area contributed by atoms with Gasteiger partial charge in [0.25, 0.3) is 0 Å². The van der Waals surface area contributed by atoms with Gasteiger partial charge in [-0.05, 0) is 36.4 Å². The van der Waals surface area contributed by atoms with Crippen LogP contribution in [-0.4, -0.2) is 78.6 Å². The summed E-state index contributed by atoms with van der Waals surface area (Å²) < 4.78 is 42.4. The molecule has 0 spiro atoms. The number of hydrogen-bond acceptors (Lipinski definition) is 7. The van der Waals surface area contributed by atoms with Crippen molar-refractivity contribution in [3.05, 3.63) is 42.5 Å². The van der Waals surface area contributed by atoms with Gasteiger partial charge in [0, 0.05) is 44.5 Å². The number of amides is 2. The van der Waals surface area contributed by atoms with E-state index in [0.29, 0.717) is 43.4 Å². The maximum Gasteiger partial charge on any atom is 0.319 e. The van der Waals surface area contributed by atoms with Gasteiger partial charge >= 0.3 is 6.03 Å². The molecule has 180 valence electrons. The van der Waals surface area contributed by atoms with E-state index in [1.807, 2.05) is 24.3 Å². The third-order valence-electron chi connectivity index (χ3n) is 5.37. The van der Waals surface area contributed by atoms with E-state index in [4.69, 9.17) is 14.2 Å². The van der Waals surface area contributed by atoms with Crippen LogP contribution in [-0.2, 0) is 10.0 Å². The fourth-order valence-electron chi connectivity index (χ4n) is 3.51. The average molecular weight is 479 g/mol. The Morgan fingerprint density at radius 2 is 1.55 bits per heavy atom. The van der Waals surface area contributed by atoms with Gasteiger partial charge in [0.2, 0.25) is 10.0 Å². The molecule has 2 aromatic carbocycles. The van der Waals surface area contributed by atoms with Gasteiger partial charge in [0.1, 0.15) is 17.2 Å². The Bertz CT molecular complexity index is 1040. The van der Waals surface area contributed by atoms with Crippen molar-refractivity contribution in [1.82, 2.24) is 9.62 Å². The van der Waals surface area contributed by atoms with Crippen molar-refractivity contribution in [3.8, 4) is 17.2 Å². The fraction of sp³-hybridized carbons (Fsp3) is 0.409. The standard InChI is InChI=1S/C22H30N4O6S/c1-30-18-6-4-17(5-7-18)25-11-13-26(14-12-25)33(28,29)15-10-23-22(27)24-20-9-8-19(31-2)16-21(20)32-3/h4-9,16H,10-15H2,1-3H3,(H2,23,24,27). The van der Waals surface area contributed by atoms with Crippen LogP contribution < -0.4 is 29.7 Å². The highest BCUT2D eigenvalue weighted by Gasteiger charge is 2.27. The monoisotopic (exact) mass is 478 g/mol. The van der Waals surface area contributed by atoms with Gasteiger partial charge in [-0.15, -0.1) is 0 Å². The Labute approximate surface area is 194 Å². The molecule has 0 saturated carbocycles. The van der Waals surface area contributed by atoms with Gasteiger partial charge in [-0.1, -0.05) is 0 Å². The van der Waals surface area contributed by atoms with Gasteiger partial charge in [0.15, 0.2) is 0 Å². The molecule has 1 aliphatic heterocycles. The van der Waals surface area contributed by atoms with Crippen LogP contribution in [0.15, 0.2) is 42.5 Å². The minimum atomic E-state index is -3.49. The Morgan fingerprint density at radius 3 is 2.15 bits per heavy atom.